The molecule has 0 spiro atoms. The molecule has 1 heterocycles. The van der Waals surface area contributed by atoms with Gasteiger partial charge in [-0.1, -0.05) is 17.7 Å². The first-order valence-corrected chi connectivity index (χ1v) is 4.62. The summed E-state index contributed by atoms with van der Waals surface area (Å²) in [5.41, 5.74) is 1.50. The molecule has 0 aliphatic heterocycles. The van der Waals surface area contributed by atoms with E-state index >= 15 is 0 Å². The average Bonchev–Trinajstić information content (AvgIpc) is 2.20. The second-order valence-electron chi connectivity index (χ2n) is 3.39. The third-order valence-corrected chi connectivity index (χ3v) is 2.19. The van der Waals surface area contributed by atoms with Crippen LogP contribution in [0.2, 0.25) is 0 Å². The fourth-order valence-corrected chi connectivity index (χ4v) is 1.37. The van der Waals surface area contributed by atoms with Crippen molar-refractivity contribution >= 4 is 0 Å². The van der Waals surface area contributed by atoms with Crippen molar-refractivity contribution in [2.75, 3.05) is 0 Å². The number of pyridine rings is 1. The fraction of sp³-hybridized carbons (Fsp3) is 0.0833. The Morgan fingerprint density at radius 1 is 1.13 bits per heavy atom. The van der Waals surface area contributed by atoms with Gasteiger partial charge >= 0.3 is 0 Å². The maximum absolute atomic E-state index is 12.7. The van der Waals surface area contributed by atoms with Crippen LogP contribution >= 0.6 is 0 Å². The van der Waals surface area contributed by atoms with Gasteiger partial charge < -0.3 is 0 Å². The molecular weight excluding hydrogens is 193 g/mol. The Balaban J connectivity index is 2.55. The predicted octanol–water partition coefficient (Wildman–Crippen LogP) is 2.29. The van der Waals surface area contributed by atoms with E-state index in [0.29, 0.717) is 0 Å². The van der Waals surface area contributed by atoms with Crippen LogP contribution in [0.25, 0.3) is 5.69 Å². The number of halogens is 1. The highest BCUT2D eigenvalue weighted by molar-refractivity contribution is 5.34. The molecule has 0 bridgehead atoms. The summed E-state index contributed by atoms with van der Waals surface area (Å²) in [5.74, 6) is -0.511. The van der Waals surface area contributed by atoms with Gasteiger partial charge in [0.15, 0.2) is 0 Å². The van der Waals surface area contributed by atoms with E-state index in [2.05, 4.69) is 0 Å². The smallest absolute Gasteiger partial charge is 0.257 e. The average molecular weight is 203 g/mol. The summed E-state index contributed by atoms with van der Waals surface area (Å²) in [7, 11) is 0. The van der Waals surface area contributed by atoms with Gasteiger partial charge in [0.2, 0.25) is 0 Å². The highest BCUT2D eigenvalue weighted by Gasteiger charge is 1.99. The van der Waals surface area contributed by atoms with Crippen LogP contribution in [0.1, 0.15) is 5.56 Å². The fourth-order valence-electron chi connectivity index (χ4n) is 1.37. The van der Waals surface area contributed by atoms with Crippen LogP contribution in [0.4, 0.5) is 4.39 Å². The van der Waals surface area contributed by atoms with Crippen molar-refractivity contribution in [2.24, 2.45) is 0 Å². The third kappa shape index (κ3) is 1.96. The third-order valence-electron chi connectivity index (χ3n) is 2.19. The second-order valence-corrected chi connectivity index (χ2v) is 3.39. The maximum atomic E-state index is 12.7. The molecule has 0 aliphatic rings. The lowest BCUT2D eigenvalue weighted by Crippen LogP contribution is -2.16. The van der Waals surface area contributed by atoms with Gasteiger partial charge in [-0.3, -0.25) is 9.36 Å². The Bertz CT molecular complexity index is 528. The van der Waals surface area contributed by atoms with Gasteiger partial charge in [0.25, 0.3) is 5.56 Å². The molecule has 0 radical (unpaired) electrons. The number of nitrogens with zero attached hydrogens (tertiary/aromatic N) is 1. The topological polar surface area (TPSA) is 22.0 Å². The molecule has 0 saturated heterocycles. The predicted molar refractivity (Wildman–Crippen MR) is 56.7 cm³/mol. The number of hydrogen-bond acceptors (Lipinski definition) is 1. The van der Waals surface area contributed by atoms with Crippen LogP contribution in [-0.2, 0) is 0 Å². The van der Waals surface area contributed by atoms with Gasteiger partial charge in [-0.15, -0.1) is 0 Å². The lowest BCUT2D eigenvalue weighted by molar-refractivity contribution is 0.620. The maximum Gasteiger partial charge on any atom is 0.257 e. The minimum atomic E-state index is -0.511. The van der Waals surface area contributed by atoms with E-state index in [1.165, 1.54) is 16.8 Å². The minimum Gasteiger partial charge on any atom is -0.284 e. The molecule has 1 aromatic heterocycles. The quantitative estimate of drug-likeness (QED) is 0.697. The van der Waals surface area contributed by atoms with Crippen molar-refractivity contribution in [3.63, 3.8) is 0 Å². The first kappa shape index (κ1) is 9.65. The van der Waals surface area contributed by atoms with Gasteiger partial charge in [0.1, 0.15) is 5.82 Å². The van der Waals surface area contributed by atoms with Crippen LogP contribution in [-0.4, -0.2) is 4.57 Å². The van der Waals surface area contributed by atoms with E-state index in [4.69, 9.17) is 0 Å². The Labute approximate surface area is 86.6 Å². The lowest BCUT2D eigenvalue weighted by atomic mass is 10.2. The van der Waals surface area contributed by atoms with E-state index < -0.39 is 5.82 Å². The van der Waals surface area contributed by atoms with Crippen LogP contribution in [0.5, 0.6) is 0 Å². The molecule has 0 aliphatic carbocycles. The highest BCUT2D eigenvalue weighted by Crippen LogP contribution is 2.06. The zero-order valence-electron chi connectivity index (χ0n) is 8.27. The molecule has 0 N–H and O–H groups in total. The summed E-state index contributed by atoms with van der Waals surface area (Å²) in [6, 6.07) is 9.71. The summed E-state index contributed by atoms with van der Waals surface area (Å²) in [4.78, 5) is 11.4. The number of aromatic nitrogens is 1. The molecule has 2 aromatic rings. The molecular formula is C12H10FNO. The van der Waals surface area contributed by atoms with Crippen molar-refractivity contribution in [2.45, 2.75) is 6.92 Å². The monoisotopic (exact) mass is 203 g/mol. The van der Waals surface area contributed by atoms with Crippen molar-refractivity contribution in [1.82, 2.24) is 4.57 Å². The largest absolute Gasteiger partial charge is 0.284 e. The normalized spacial score (nSPS) is 10.3. The van der Waals surface area contributed by atoms with E-state index in [1.807, 2.05) is 31.2 Å². The van der Waals surface area contributed by atoms with Crippen molar-refractivity contribution in [3.8, 4) is 5.69 Å². The van der Waals surface area contributed by atoms with Crippen LogP contribution in [0.15, 0.2) is 47.4 Å². The lowest BCUT2D eigenvalue weighted by Gasteiger charge is -2.04. The summed E-state index contributed by atoms with van der Waals surface area (Å²) >= 11 is 0. The van der Waals surface area contributed by atoms with Crippen molar-refractivity contribution < 1.29 is 4.39 Å². The number of rotatable bonds is 1. The van der Waals surface area contributed by atoms with Crippen LogP contribution < -0.4 is 5.56 Å². The van der Waals surface area contributed by atoms with Crippen LogP contribution in [0.3, 0.4) is 0 Å². The second kappa shape index (κ2) is 3.69. The molecule has 0 fully saturated rings. The first-order valence-electron chi connectivity index (χ1n) is 4.62. The molecule has 0 atom stereocenters. The van der Waals surface area contributed by atoms with Crippen molar-refractivity contribution in [3.05, 3.63) is 64.3 Å². The number of aryl methyl sites for hydroxylation is 1. The minimum absolute atomic E-state index is 0.362. The summed E-state index contributed by atoms with van der Waals surface area (Å²) in [6.07, 6.45) is 1.43. The number of benzene rings is 1. The van der Waals surface area contributed by atoms with Crippen molar-refractivity contribution in [1.29, 1.82) is 0 Å². The molecule has 0 unspecified atom stereocenters. The molecule has 0 saturated carbocycles. The Kier molecular flexibility index (Phi) is 2.37. The van der Waals surface area contributed by atoms with E-state index in [-0.39, 0.29) is 5.56 Å². The summed E-state index contributed by atoms with van der Waals surface area (Å²) in [6.45, 7) is 1.97. The standard InChI is InChI=1S/C12H10FNO/c1-9-2-4-11(5-3-9)14-7-6-10(13)8-12(14)15/h2-8H,1H3. The van der Waals surface area contributed by atoms with Gasteiger partial charge in [0.05, 0.1) is 0 Å². The first-order chi connectivity index (χ1) is 7.16. The van der Waals surface area contributed by atoms with E-state index in [9.17, 15) is 9.18 Å². The van der Waals surface area contributed by atoms with Crippen LogP contribution in [0, 0.1) is 12.7 Å². The summed E-state index contributed by atoms with van der Waals surface area (Å²) < 4.78 is 14.1. The molecule has 2 nitrogen and oxygen atoms in total. The zero-order valence-corrected chi connectivity index (χ0v) is 8.27. The van der Waals surface area contributed by atoms with E-state index in [0.717, 1.165) is 17.3 Å². The van der Waals surface area contributed by atoms with Gasteiger partial charge in [-0.2, -0.15) is 0 Å². The Morgan fingerprint density at radius 3 is 2.40 bits per heavy atom. The molecule has 2 rings (SSSR count). The molecule has 76 valence electrons. The summed E-state index contributed by atoms with van der Waals surface area (Å²) in [5, 5.41) is 0. The molecule has 3 heteroatoms. The number of hydrogen-bond donors (Lipinski definition) is 0. The highest BCUT2D eigenvalue weighted by atomic mass is 19.1. The van der Waals surface area contributed by atoms with Gasteiger partial charge in [-0.25, -0.2) is 4.39 Å². The Hall–Kier alpha value is -1.90. The molecule has 0 amide bonds. The van der Waals surface area contributed by atoms with E-state index in [1.54, 1.807) is 0 Å². The van der Waals surface area contributed by atoms with Gasteiger partial charge in [0, 0.05) is 18.0 Å². The Morgan fingerprint density at radius 2 is 1.80 bits per heavy atom. The zero-order chi connectivity index (χ0) is 10.8. The molecule has 1 aromatic carbocycles. The van der Waals surface area contributed by atoms with Gasteiger partial charge in [-0.05, 0) is 25.1 Å². The SMILES string of the molecule is Cc1ccc(-n2ccc(F)cc2=O)cc1. The molecule has 15 heavy (non-hydrogen) atoms.